The zero-order valence-electron chi connectivity index (χ0n) is 16.5. The maximum absolute atomic E-state index is 13.5. The molecule has 1 amide bonds. The number of carbonyl (C=O) groups excluding carboxylic acids is 1. The van der Waals surface area contributed by atoms with E-state index in [0.717, 1.165) is 24.3 Å². The average Bonchev–Trinajstić information content (AvgIpc) is 2.73. The molecule has 9 heteroatoms. The third-order valence-electron chi connectivity index (χ3n) is 4.51. The van der Waals surface area contributed by atoms with Crippen molar-refractivity contribution in [2.75, 3.05) is 11.3 Å². The van der Waals surface area contributed by atoms with Gasteiger partial charge in [-0.2, -0.15) is 0 Å². The third kappa shape index (κ3) is 5.59. The Morgan fingerprint density at radius 1 is 1.00 bits per heavy atom. The molecule has 0 saturated heterocycles. The number of sulfonamides is 1. The largest absolute Gasteiger partial charge is 0.335 e. The van der Waals surface area contributed by atoms with Crippen LogP contribution in [0.25, 0.3) is 0 Å². The van der Waals surface area contributed by atoms with Crippen molar-refractivity contribution in [2.24, 2.45) is 0 Å². The number of hydrogen-bond acceptors (Lipinski definition) is 3. The lowest BCUT2D eigenvalue weighted by Crippen LogP contribution is -2.30. The minimum absolute atomic E-state index is 0.0126. The van der Waals surface area contributed by atoms with E-state index in [9.17, 15) is 22.0 Å². The van der Waals surface area contributed by atoms with Gasteiger partial charge < -0.3 is 4.90 Å². The molecular formula is C22H19ClF2N2O3S. The van der Waals surface area contributed by atoms with Crippen LogP contribution in [0.15, 0.2) is 71.6 Å². The summed E-state index contributed by atoms with van der Waals surface area (Å²) in [5, 5.41) is 0.0930. The van der Waals surface area contributed by atoms with Crippen molar-refractivity contribution in [1.29, 1.82) is 0 Å². The molecule has 31 heavy (non-hydrogen) atoms. The highest BCUT2D eigenvalue weighted by atomic mass is 35.5. The van der Waals surface area contributed by atoms with Gasteiger partial charge in [0.25, 0.3) is 15.9 Å². The predicted molar refractivity (Wildman–Crippen MR) is 115 cm³/mol. The molecule has 0 heterocycles. The molecule has 1 N–H and O–H groups in total. The maximum Gasteiger partial charge on any atom is 0.261 e. The lowest BCUT2D eigenvalue weighted by Gasteiger charge is -2.22. The van der Waals surface area contributed by atoms with Crippen molar-refractivity contribution < 1.29 is 22.0 Å². The Hall–Kier alpha value is -2.97. The van der Waals surface area contributed by atoms with Crippen LogP contribution in [-0.2, 0) is 16.6 Å². The Morgan fingerprint density at radius 3 is 2.35 bits per heavy atom. The van der Waals surface area contributed by atoms with E-state index in [1.807, 2.05) is 0 Å². The molecule has 0 unspecified atom stereocenters. The van der Waals surface area contributed by atoms with Gasteiger partial charge in [0.15, 0.2) is 0 Å². The van der Waals surface area contributed by atoms with Crippen LogP contribution < -0.4 is 4.72 Å². The summed E-state index contributed by atoms with van der Waals surface area (Å²) in [4.78, 5) is 14.3. The highest BCUT2D eigenvalue weighted by Gasteiger charge is 2.20. The van der Waals surface area contributed by atoms with Gasteiger partial charge in [-0.1, -0.05) is 23.7 Å². The molecule has 3 rings (SSSR count). The standard InChI is InChI=1S/C22H19ClF2N2O3S/c1-2-27(14-15-4-3-5-18(25)12-15)22(28)16-6-11-20(23)21(13-16)26-31(29,30)19-9-7-17(24)8-10-19/h3-13,26H,2,14H2,1H3. The first-order valence-electron chi connectivity index (χ1n) is 9.31. The van der Waals surface area contributed by atoms with E-state index in [2.05, 4.69) is 4.72 Å². The van der Waals surface area contributed by atoms with Gasteiger partial charge in [0.2, 0.25) is 0 Å². The summed E-state index contributed by atoms with van der Waals surface area (Å²) in [5.41, 5.74) is 0.847. The van der Waals surface area contributed by atoms with Crippen molar-refractivity contribution in [1.82, 2.24) is 4.90 Å². The van der Waals surface area contributed by atoms with Crippen LogP contribution >= 0.6 is 11.6 Å². The molecule has 0 aliphatic carbocycles. The number of rotatable bonds is 7. The molecule has 5 nitrogen and oxygen atoms in total. The smallest absolute Gasteiger partial charge is 0.261 e. The number of benzene rings is 3. The minimum Gasteiger partial charge on any atom is -0.335 e. The number of halogens is 3. The van der Waals surface area contributed by atoms with E-state index in [-0.39, 0.29) is 33.6 Å². The van der Waals surface area contributed by atoms with Crippen LogP contribution in [0.1, 0.15) is 22.8 Å². The monoisotopic (exact) mass is 464 g/mol. The molecule has 0 aliphatic rings. The fraction of sp³-hybridized carbons (Fsp3) is 0.136. The SMILES string of the molecule is CCN(Cc1cccc(F)c1)C(=O)c1ccc(Cl)c(NS(=O)(=O)c2ccc(F)cc2)c1. The summed E-state index contributed by atoms with van der Waals surface area (Å²) in [7, 11) is -4.04. The summed E-state index contributed by atoms with van der Waals surface area (Å²) < 4.78 is 54.1. The van der Waals surface area contributed by atoms with Crippen molar-refractivity contribution in [2.45, 2.75) is 18.4 Å². The summed E-state index contributed by atoms with van der Waals surface area (Å²) in [6, 6.07) is 14.5. The second kappa shape index (κ2) is 9.45. The first kappa shape index (κ1) is 22.7. The molecule has 0 aromatic heterocycles. The fourth-order valence-corrected chi connectivity index (χ4v) is 4.21. The van der Waals surface area contributed by atoms with Gasteiger partial charge in [0, 0.05) is 18.7 Å². The van der Waals surface area contributed by atoms with E-state index in [4.69, 9.17) is 11.6 Å². The van der Waals surface area contributed by atoms with E-state index < -0.39 is 21.7 Å². The maximum atomic E-state index is 13.5. The number of nitrogens with zero attached hydrogens (tertiary/aromatic N) is 1. The molecule has 162 valence electrons. The fourth-order valence-electron chi connectivity index (χ4n) is 2.92. The molecule has 0 radical (unpaired) electrons. The topological polar surface area (TPSA) is 66.5 Å². The molecule has 0 spiro atoms. The lowest BCUT2D eigenvalue weighted by molar-refractivity contribution is 0.0752. The normalized spacial score (nSPS) is 11.2. The first-order valence-corrected chi connectivity index (χ1v) is 11.2. The predicted octanol–water partition coefficient (Wildman–Crippen LogP) is 5.08. The second-order valence-corrected chi connectivity index (χ2v) is 8.79. The summed E-state index contributed by atoms with van der Waals surface area (Å²) >= 11 is 6.13. The van der Waals surface area contributed by atoms with Crippen molar-refractivity contribution >= 4 is 33.2 Å². The average molecular weight is 465 g/mol. The molecule has 0 aliphatic heterocycles. The molecule has 0 saturated carbocycles. The van der Waals surface area contributed by atoms with Crippen molar-refractivity contribution in [3.05, 3.63) is 94.5 Å². The molecule has 0 bridgehead atoms. The molecular weight excluding hydrogens is 446 g/mol. The number of anilines is 1. The van der Waals surface area contributed by atoms with Crippen LogP contribution in [0.4, 0.5) is 14.5 Å². The number of amides is 1. The van der Waals surface area contributed by atoms with Crippen LogP contribution in [0, 0.1) is 11.6 Å². The lowest BCUT2D eigenvalue weighted by atomic mass is 10.1. The summed E-state index contributed by atoms with van der Waals surface area (Å²) in [6.45, 7) is 2.33. The Labute approximate surface area is 184 Å². The van der Waals surface area contributed by atoms with Gasteiger partial charge in [-0.3, -0.25) is 9.52 Å². The quantitative estimate of drug-likeness (QED) is 0.530. The van der Waals surface area contributed by atoms with Gasteiger partial charge in [-0.15, -0.1) is 0 Å². The van der Waals surface area contributed by atoms with Crippen LogP contribution in [0.5, 0.6) is 0 Å². The van der Waals surface area contributed by atoms with Gasteiger partial charge in [-0.25, -0.2) is 17.2 Å². The Bertz CT molecular complexity index is 1200. The summed E-state index contributed by atoms with van der Waals surface area (Å²) in [5.74, 6) is -1.34. The number of hydrogen-bond donors (Lipinski definition) is 1. The third-order valence-corrected chi connectivity index (χ3v) is 6.22. The second-order valence-electron chi connectivity index (χ2n) is 6.70. The van der Waals surface area contributed by atoms with E-state index in [0.29, 0.717) is 12.1 Å². The van der Waals surface area contributed by atoms with Crippen LogP contribution in [-0.4, -0.2) is 25.8 Å². The van der Waals surface area contributed by atoms with Gasteiger partial charge >= 0.3 is 0 Å². The van der Waals surface area contributed by atoms with Gasteiger partial charge in [0.1, 0.15) is 11.6 Å². The Morgan fingerprint density at radius 2 is 1.71 bits per heavy atom. The van der Waals surface area contributed by atoms with Gasteiger partial charge in [-0.05, 0) is 67.1 Å². The van der Waals surface area contributed by atoms with E-state index >= 15 is 0 Å². The number of nitrogens with one attached hydrogen (secondary N) is 1. The number of carbonyl (C=O) groups is 1. The highest BCUT2D eigenvalue weighted by Crippen LogP contribution is 2.27. The molecule has 0 fully saturated rings. The van der Waals surface area contributed by atoms with Crippen molar-refractivity contribution in [3.8, 4) is 0 Å². The van der Waals surface area contributed by atoms with Gasteiger partial charge in [0.05, 0.1) is 15.6 Å². The highest BCUT2D eigenvalue weighted by molar-refractivity contribution is 7.92. The Kier molecular flexibility index (Phi) is 6.92. The molecule has 0 atom stereocenters. The molecule has 3 aromatic rings. The van der Waals surface area contributed by atoms with E-state index in [1.165, 1.54) is 35.2 Å². The van der Waals surface area contributed by atoms with Crippen LogP contribution in [0.2, 0.25) is 5.02 Å². The summed E-state index contributed by atoms with van der Waals surface area (Å²) in [6.07, 6.45) is 0. The Balaban J connectivity index is 1.85. The first-order chi connectivity index (χ1) is 14.7. The zero-order valence-corrected chi connectivity index (χ0v) is 18.1. The van der Waals surface area contributed by atoms with Crippen LogP contribution in [0.3, 0.4) is 0 Å². The minimum atomic E-state index is -4.04. The zero-order chi connectivity index (χ0) is 22.6. The van der Waals surface area contributed by atoms with Crippen molar-refractivity contribution in [3.63, 3.8) is 0 Å². The van der Waals surface area contributed by atoms with E-state index in [1.54, 1.807) is 19.1 Å². The molecule has 3 aromatic carbocycles.